The highest BCUT2D eigenvalue weighted by Crippen LogP contribution is 2.32. The number of rotatable bonds is 6. The molecule has 0 unspecified atom stereocenters. The maximum absolute atomic E-state index is 13.2. The molecule has 0 aliphatic carbocycles. The maximum Gasteiger partial charge on any atom is 0.420 e. The fraction of sp³-hybridized carbons (Fsp3) is 0.174. The van der Waals surface area contributed by atoms with Gasteiger partial charge in [-0.05, 0) is 55.0 Å². The van der Waals surface area contributed by atoms with Crippen molar-refractivity contribution < 1.29 is 26.0 Å². The zero-order valence-electron chi connectivity index (χ0n) is 17.4. The average molecular weight is 476 g/mol. The molecule has 0 atom stereocenters. The Bertz CT molecular complexity index is 1470. The van der Waals surface area contributed by atoms with Gasteiger partial charge < -0.3 is 4.42 Å². The van der Waals surface area contributed by atoms with Crippen LogP contribution in [0.15, 0.2) is 86.9 Å². The molecule has 0 N–H and O–H groups in total. The van der Waals surface area contributed by atoms with E-state index in [0.717, 1.165) is 22.5 Å². The fourth-order valence-electron chi connectivity index (χ4n) is 3.61. The van der Waals surface area contributed by atoms with E-state index in [9.17, 15) is 26.4 Å². The summed E-state index contributed by atoms with van der Waals surface area (Å²) in [6.07, 6.45) is -4.66. The standard InChI is InChI=1S/C23H19F3N2O4S/c1-2-28(33(30,31)19-10-6-8-17(14-19)23(24,25)26)18-9-5-7-16(13-18)15-27-20-11-3-4-12-21(20)32-22(27)29/h3-14H,2,15H2,1H3. The molecule has 0 amide bonds. The van der Waals surface area contributed by atoms with Crippen molar-refractivity contribution in [3.8, 4) is 0 Å². The smallest absolute Gasteiger partial charge is 0.408 e. The van der Waals surface area contributed by atoms with Gasteiger partial charge in [0.1, 0.15) is 0 Å². The Labute approximate surface area is 187 Å². The van der Waals surface area contributed by atoms with Crippen LogP contribution in [0.4, 0.5) is 18.9 Å². The first-order chi connectivity index (χ1) is 15.6. The van der Waals surface area contributed by atoms with Gasteiger partial charge in [0.25, 0.3) is 10.0 Å². The van der Waals surface area contributed by atoms with Gasteiger partial charge >= 0.3 is 11.9 Å². The summed E-state index contributed by atoms with van der Waals surface area (Å²) in [5, 5.41) is 0. The second kappa shape index (κ2) is 8.43. The topological polar surface area (TPSA) is 72.5 Å². The van der Waals surface area contributed by atoms with Gasteiger partial charge in [-0.1, -0.05) is 30.3 Å². The van der Waals surface area contributed by atoms with E-state index in [4.69, 9.17) is 4.42 Å². The number of benzene rings is 3. The minimum atomic E-state index is -4.66. The molecule has 0 radical (unpaired) electrons. The van der Waals surface area contributed by atoms with E-state index in [1.165, 1.54) is 4.57 Å². The number of alkyl halides is 3. The zero-order valence-corrected chi connectivity index (χ0v) is 18.2. The molecule has 1 heterocycles. The summed E-state index contributed by atoms with van der Waals surface area (Å²) in [6.45, 7) is 1.72. The van der Waals surface area contributed by atoms with E-state index in [1.54, 1.807) is 55.5 Å². The van der Waals surface area contributed by atoms with Crippen LogP contribution >= 0.6 is 0 Å². The molecule has 172 valence electrons. The first kappa shape index (κ1) is 22.7. The highest BCUT2D eigenvalue weighted by molar-refractivity contribution is 7.92. The Morgan fingerprint density at radius 2 is 1.70 bits per heavy atom. The summed E-state index contributed by atoms with van der Waals surface area (Å²) in [4.78, 5) is 11.8. The van der Waals surface area contributed by atoms with Gasteiger partial charge in [0.15, 0.2) is 5.58 Å². The summed E-state index contributed by atoms with van der Waals surface area (Å²) in [5.41, 5.74) is 0.879. The van der Waals surface area contributed by atoms with Crippen LogP contribution in [0.2, 0.25) is 0 Å². The Morgan fingerprint density at radius 3 is 2.42 bits per heavy atom. The number of nitrogens with zero attached hydrogens (tertiary/aromatic N) is 2. The second-order valence-electron chi connectivity index (χ2n) is 7.29. The quantitative estimate of drug-likeness (QED) is 0.398. The third kappa shape index (κ3) is 4.38. The number of hydrogen-bond acceptors (Lipinski definition) is 4. The van der Waals surface area contributed by atoms with Crippen LogP contribution in [0, 0.1) is 0 Å². The number of fused-ring (bicyclic) bond motifs is 1. The Kier molecular flexibility index (Phi) is 5.79. The summed E-state index contributed by atoms with van der Waals surface area (Å²) >= 11 is 0. The molecule has 0 spiro atoms. The number of hydrogen-bond donors (Lipinski definition) is 0. The third-order valence-corrected chi connectivity index (χ3v) is 7.05. The van der Waals surface area contributed by atoms with E-state index in [1.807, 2.05) is 0 Å². The molecular formula is C23H19F3N2O4S. The summed E-state index contributed by atoms with van der Waals surface area (Å²) in [6, 6.07) is 17.1. The van der Waals surface area contributed by atoms with Crippen molar-refractivity contribution >= 4 is 26.8 Å². The Hall–Kier alpha value is -3.53. The van der Waals surface area contributed by atoms with Crippen molar-refractivity contribution in [2.45, 2.75) is 24.5 Å². The van der Waals surface area contributed by atoms with Gasteiger partial charge in [-0.2, -0.15) is 13.2 Å². The number of sulfonamides is 1. The van der Waals surface area contributed by atoms with Crippen LogP contribution in [-0.2, 0) is 22.7 Å². The predicted octanol–water partition coefficient (Wildman–Crippen LogP) is 4.88. The van der Waals surface area contributed by atoms with Crippen molar-refractivity contribution in [1.29, 1.82) is 0 Å². The zero-order chi connectivity index (χ0) is 23.8. The molecule has 4 rings (SSSR count). The van der Waals surface area contributed by atoms with Crippen LogP contribution in [0.1, 0.15) is 18.1 Å². The summed E-state index contributed by atoms with van der Waals surface area (Å²) in [5.74, 6) is -0.550. The lowest BCUT2D eigenvalue weighted by Crippen LogP contribution is -2.31. The Morgan fingerprint density at radius 1 is 0.970 bits per heavy atom. The van der Waals surface area contributed by atoms with Crippen LogP contribution in [0.3, 0.4) is 0 Å². The molecule has 0 saturated heterocycles. The SMILES string of the molecule is CCN(c1cccc(Cn2c(=O)oc3ccccc32)c1)S(=O)(=O)c1cccc(C(F)(F)F)c1. The summed E-state index contributed by atoms with van der Waals surface area (Å²) < 4.78 is 73.3. The molecular weight excluding hydrogens is 457 g/mol. The van der Waals surface area contributed by atoms with Crippen molar-refractivity contribution in [3.05, 3.63) is 94.5 Å². The Balaban J connectivity index is 1.71. The monoisotopic (exact) mass is 476 g/mol. The number of halogens is 3. The van der Waals surface area contributed by atoms with E-state index in [0.29, 0.717) is 22.7 Å². The lowest BCUT2D eigenvalue weighted by atomic mass is 10.2. The molecule has 1 aromatic heterocycles. The van der Waals surface area contributed by atoms with Crippen LogP contribution < -0.4 is 10.1 Å². The lowest BCUT2D eigenvalue weighted by molar-refractivity contribution is -0.137. The van der Waals surface area contributed by atoms with Crippen molar-refractivity contribution in [2.75, 3.05) is 10.8 Å². The first-order valence-corrected chi connectivity index (χ1v) is 11.4. The van der Waals surface area contributed by atoms with E-state index in [-0.39, 0.29) is 18.8 Å². The van der Waals surface area contributed by atoms with Gasteiger partial charge in [-0.25, -0.2) is 13.2 Å². The minimum Gasteiger partial charge on any atom is -0.408 e. The molecule has 4 aromatic rings. The number of anilines is 1. The summed E-state index contributed by atoms with van der Waals surface area (Å²) in [7, 11) is -4.26. The van der Waals surface area contributed by atoms with Gasteiger partial charge in [0.05, 0.1) is 28.2 Å². The largest absolute Gasteiger partial charge is 0.420 e. The molecule has 0 bridgehead atoms. The lowest BCUT2D eigenvalue weighted by Gasteiger charge is -2.24. The van der Waals surface area contributed by atoms with Gasteiger partial charge in [-0.3, -0.25) is 8.87 Å². The highest BCUT2D eigenvalue weighted by atomic mass is 32.2. The molecule has 0 saturated carbocycles. The molecule has 0 aliphatic heterocycles. The normalized spacial score (nSPS) is 12.2. The van der Waals surface area contributed by atoms with E-state index >= 15 is 0 Å². The van der Waals surface area contributed by atoms with Crippen molar-refractivity contribution in [3.63, 3.8) is 0 Å². The van der Waals surface area contributed by atoms with Crippen molar-refractivity contribution in [2.24, 2.45) is 0 Å². The highest BCUT2D eigenvalue weighted by Gasteiger charge is 2.33. The number of para-hydroxylation sites is 2. The van der Waals surface area contributed by atoms with Crippen LogP contribution in [0.5, 0.6) is 0 Å². The van der Waals surface area contributed by atoms with Gasteiger partial charge in [0, 0.05) is 6.54 Å². The van der Waals surface area contributed by atoms with Gasteiger partial charge in [0.2, 0.25) is 0 Å². The number of aromatic nitrogens is 1. The molecule has 3 aromatic carbocycles. The predicted molar refractivity (Wildman–Crippen MR) is 118 cm³/mol. The first-order valence-electron chi connectivity index (χ1n) is 9.98. The van der Waals surface area contributed by atoms with Crippen LogP contribution in [0.25, 0.3) is 11.1 Å². The molecule has 33 heavy (non-hydrogen) atoms. The number of oxazole rings is 1. The van der Waals surface area contributed by atoms with Crippen molar-refractivity contribution in [1.82, 2.24) is 4.57 Å². The van der Waals surface area contributed by atoms with E-state index < -0.39 is 32.4 Å². The average Bonchev–Trinajstić information content (AvgIpc) is 3.09. The fourth-order valence-corrected chi connectivity index (χ4v) is 5.12. The third-order valence-electron chi connectivity index (χ3n) is 5.15. The second-order valence-corrected chi connectivity index (χ2v) is 9.15. The molecule has 0 fully saturated rings. The van der Waals surface area contributed by atoms with Gasteiger partial charge in [-0.15, -0.1) is 0 Å². The molecule has 6 nitrogen and oxygen atoms in total. The molecule has 0 aliphatic rings. The maximum atomic E-state index is 13.2. The molecule has 10 heteroatoms. The van der Waals surface area contributed by atoms with Crippen LogP contribution in [-0.4, -0.2) is 19.5 Å². The van der Waals surface area contributed by atoms with E-state index in [2.05, 4.69) is 0 Å². The minimum absolute atomic E-state index is 0.00335.